The van der Waals surface area contributed by atoms with Crippen LogP contribution in [0.1, 0.15) is 48.4 Å². The molecule has 0 aliphatic carbocycles. The molecule has 3 heterocycles. The quantitative estimate of drug-likeness (QED) is 0.474. The smallest absolute Gasteiger partial charge is 0.269 e. The van der Waals surface area contributed by atoms with Crippen molar-refractivity contribution in [2.75, 3.05) is 63.9 Å². The maximum absolute atomic E-state index is 13.2. The van der Waals surface area contributed by atoms with E-state index in [-0.39, 0.29) is 22.7 Å². The van der Waals surface area contributed by atoms with Crippen LogP contribution in [0, 0.1) is 17.2 Å². The molecule has 1 aromatic carbocycles. The zero-order valence-corrected chi connectivity index (χ0v) is 22.6. The molecule has 10 heteroatoms. The Morgan fingerprint density at radius 2 is 1.78 bits per heavy atom. The van der Waals surface area contributed by atoms with E-state index in [1.807, 2.05) is 38.1 Å². The summed E-state index contributed by atoms with van der Waals surface area (Å²) in [5.41, 5.74) is 4.61. The second-order valence-corrected chi connectivity index (χ2v) is 10.7. The van der Waals surface area contributed by atoms with E-state index < -0.39 is 0 Å². The first-order chi connectivity index (χ1) is 17.9. The monoisotopic (exact) mass is 524 g/mol. The summed E-state index contributed by atoms with van der Waals surface area (Å²) in [6.45, 7) is 14.5. The molecular weight excluding hydrogens is 488 g/mol. The van der Waals surface area contributed by atoms with Crippen molar-refractivity contribution in [2.45, 2.75) is 33.2 Å². The SMILES string of the molecule is CC(C)CN(NC(=O)c1cccc(CN2CCN(CCN3CCCC3)CC2)c1)c1nc(C#N)ncc1Cl. The highest BCUT2D eigenvalue weighted by Crippen LogP contribution is 2.22. The van der Waals surface area contributed by atoms with Crippen LogP contribution in [-0.2, 0) is 6.54 Å². The van der Waals surface area contributed by atoms with Gasteiger partial charge in [-0.3, -0.25) is 25.0 Å². The average molecular weight is 525 g/mol. The van der Waals surface area contributed by atoms with Crippen molar-refractivity contribution in [1.82, 2.24) is 30.1 Å². The van der Waals surface area contributed by atoms with Crippen molar-refractivity contribution in [3.8, 4) is 6.07 Å². The zero-order valence-electron chi connectivity index (χ0n) is 21.9. The highest BCUT2D eigenvalue weighted by atomic mass is 35.5. The van der Waals surface area contributed by atoms with Crippen LogP contribution in [-0.4, -0.2) is 89.5 Å². The minimum absolute atomic E-state index is 0.000504. The molecule has 2 aliphatic heterocycles. The Hall–Kier alpha value is -2.77. The highest BCUT2D eigenvalue weighted by Gasteiger charge is 2.21. The fourth-order valence-corrected chi connectivity index (χ4v) is 5.06. The normalized spacial score (nSPS) is 17.2. The number of benzene rings is 1. The molecule has 2 fully saturated rings. The summed E-state index contributed by atoms with van der Waals surface area (Å²) in [5.74, 6) is 0.286. The average Bonchev–Trinajstić information content (AvgIpc) is 3.42. The summed E-state index contributed by atoms with van der Waals surface area (Å²) < 4.78 is 0. The van der Waals surface area contributed by atoms with Crippen molar-refractivity contribution in [1.29, 1.82) is 5.26 Å². The summed E-state index contributed by atoms with van der Waals surface area (Å²) in [6.07, 6.45) is 4.07. The van der Waals surface area contributed by atoms with E-state index >= 15 is 0 Å². The van der Waals surface area contributed by atoms with Gasteiger partial charge in [0.15, 0.2) is 5.82 Å². The molecule has 0 spiro atoms. The molecule has 2 aromatic rings. The molecule has 0 atom stereocenters. The van der Waals surface area contributed by atoms with Crippen LogP contribution in [0.25, 0.3) is 0 Å². The number of carbonyl (C=O) groups is 1. The predicted molar refractivity (Wildman–Crippen MR) is 145 cm³/mol. The molecule has 0 saturated carbocycles. The molecular formula is C27H37ClN8O. The van der Waals surface area contributed by atoms with E-state index in [1.54, 1.807) is 5.01 Å². The number of hydrogen-bond donors (Lipinski definition) is 1. The fourth-order valence-electron chi connectivity index (χ4n) is 4.87. The first kappa shape index (κ1) is 27.3. The summed E-state index contributed by atoms with van der Waals surface area (Å²) in [5, 5.41) is 11.1. The number of anilines is 1. The van der Waals surface area contributed by atoms with Crippen molar-refractivity contribution in [3.63, 3.8) is 0 Å². The van der Waals surface area contributed by atoms with Crippen LogP contribution < -0.4 is 10.4 Å². The highest BCUT2D eigenvalue weighted by molar-refractivity contribution is 6.32. The lowest BCUT2D eigenvalue weighted by atomic mass is 10.1. The molecule has 9 nitrogen and oxygen atoms in total. The summed E-state index contributed by atoms with van der Waals surface area (Å²) in [4.78, 5) is 28.9. The van der Waals surface area contributed by atoms with Gasteiger partial charge >= 0.3 is 0 Å². The minimum Gasteiger partial charge on any atom is -0.302 e. The van der Waals surface area contributed by atoms with E-state index in [2.05, 4.69) is 36.2 Å². The lowest BCUT2D eigenvalue weighted by molar-refractivity contribution is 0.0946. The number of amides is 1. The summed E-state index contributed by atoms with van der Waals surface area (Å²) in [6, 6.07) is 9.68. The zero-order chi connectivity index (χ0) is 26.2. The molecule has 37 heavy (non-hydrogen) atoms. The third-order valence-corrected chi connectivity index (χ3v) is 7.12. The van der Waals surface area contributed by atoms with Gasteiger partial charge < -0.3 is 4.90 Å². The van der Waals surface area contributed by atoms with E-state index in [9.17, 15) is 10.1 Å². The van der Waals surface area contributed by atoms with Crippen LogP contribution in [0.3, 0.4) is 0 Å². The number of nitriles is 1. The van der Waals surface area contributed by atoms with Gasteiger partial charge in [-0.25, -0.2) is 4.98 Å². The van der Waals surface area contributed by atoms with Crippen LogP contribution in [0.2, 0.25) is 5.02 Å². The van der Waals surface area contributed by atoms with Gasteiger partial charge in [0.2, 0.25) is 5.82 Å². The molecule has 1 aromatic heterocycles. The third-order valence-electron chi connectivity index (χ3n) is 6.86. The fraction of sp³-hybridized carbons (Fsp3) is 0.556. The number of rotatable bonds is 10. The Balaban J connectivity index is 1.34. The van der Waals surface area contributed by atoms with Crippen LogP contribution in [0.15, 0.2) is 30.5 Å². The molecule has 0 radical (unpaired) electrons. The van der Waals surface area contributed by atoms with Gasteiger partial charge in [-0.15, -0.1) is 0 Å². The first-order valence-electron chi connectivity index (χ1n) is 13.2. The number of piperazine rings is 1. The van der Waals surface area contributed by atoms with Crippen molar-refractivity contribution < 1.29 is 4.79 Å². The second-order valence-electron chi connectivity index (χ2n) is 10.3. The molecule has 0 unspecified atom stereocenters. The maximum Gasteiger partial charge on any atom is 0.269 e. The predicted octanol–water partition coefficient (Wildman–Crippen LogP) is 3.02. The largest absolute Gasteiger partial charge is 0.302 e. The standard InChI is InChI=1S/C27H37ClN8O/c1-21(2)19-36(26-24(28)18-30-25(17-29)31-26)32-27(37)23-7-5-6-22(16-23)20-35-14-12-34(13-15-35)11-10-33-8-3-4-9-33/h5-7,16,18,21H,3-4,8-15,19-20H2,1-2H3,(H,32,37). The Kier molecular flexibility index (Phi) is 9.69. The van der Waals surface area contributed by atoms with Gasteiger partial charge in [-0.1, -0.05) is 37.6 Å². The van der Waals surface area contributed by atoms with E-state index in [0.717, 1.165) is 44.8 Å². The van der Waals surface area contributed by atoms with E-state index in [4.69, 9.17) is 11.6 Å². The van der Waals surface area contributed by atoms with Crippen LogP contribution in [0.4, 0.5) is 5.82 Å². The van der Waals surface area contributed by atoms with Crippen molar-refractivity contribution >= 4 is 23.3 Å². The van der Waals surface area contributed by atoms with Crippen molar-refractivity contribution in [2.24, 2.45) is 5.92 Å². The lowest BCUT2D eigenvalue weighted by Crippen LogP contribution is -2.47. The molecule has 198 valence electrons. The first-order valence-corrected chi connectivity index (χ1v) is 13.6. The third kappa shape index (κ3) is 7.86. The lowest BCUT2D eigenvalue weighted by Gasteiger charge is -2.35. The Morgan fingerprint density at radius 1 is 1.11 bits per heavy atom. The Morgan fingerprint density at radius 3 is 2.46 bits per heavy atom. The molecule has 1 amide bonds. The minimum atomic E-state index is -0.248. The summed E-state index contributed by atoms with van der Waals surface area (Å²) >= 11 is 6.32. The number of carbonyl (C=O) groups excluding carboxylic acids is 1. The number of likely N-dealkylation sites (tertiary alicyclic amines) is 1. The van der Waals surface area contributed by atoms with Crippen LogP contribution >= 0.6 is 11.6 Å². The van der Waals surface area contributed by atoms with Crippen LogP contribution in [0.5, 0.6) is 0 Å². The molecule has 2 aliphatic rings. The van der Waals surface area contributed by atoms with Gasteiger partial charge in [0.25, 0.3) is 5.91 Å². The maximum atomic E-state index is 13.2. The van der Waals surface area contributed by atoms with E-state index in [1.165, 1.54) is 38.7 Å². The number of hydrazine groups is 1. The van der Waals surface area contributed by atoms with Gasteiger partial charge in [-0.2, -0.15) is 10.2 Å². The van der Waals surface area contributed by atoms with Gasteiger partial charge in [0, 0.05) is 57.9 Å². The number of hydrogen-bond acceptors (Lipinski definition) is 8. The Labute approximate surface area is 225 Å². The number of nitrogens with one attached hydrogen (secondary N) is 1. The number of aromatic nitrogens is 2. The molecule has 2 saturated heterocycles. The van der Waals surface area contributed by atoms with Crippen molar-refractivity contribution in [3.05, 3.63) is 52.4 Å². The van der Waals surface area contributed by atoms with Gasteiger partial charge in [0.05, 0.1) is 6.20 Å². The topological polar surface area (TPSA) is 91.6 Å². The molecule has 1 N–H and O–H groups in total. The number of nitrogens with zero attached hydrogens (tertiary/aromatic N) is 7. The second kappa shape index (κ2) is 13.2. The van der Waals surface area contributed by atoms with E-state index in [0.29, 0.717) is 17.9 Å². The molecule has 0 bridgehead atoms. The Bertz CT molecular complexity index is 1090. The summed E-state index contributed by atoms with van der Waals surface area (Å²) in [7, 11) is 0. The molecule has 4 rings (SSSR count). The number of halogens is 1. The van der Waals surface area contributed by atoms with Gasteiger partial charge in [0.1, 0.15) is 11.1 Å². The van der Waals surface area contributed by atoms with Gasteiger partial charge in [-0.05, 0) is 49.5 Å².